The zero-order chi connectivity index (χ0) is 18.1. The first-order valence-electron chi connectivity index (χ1n) is 7.82. The highest BCUT2D eigenvalue weighted by Gasteiger charge is 2.10. The van der Waals surface area contributed by atoms with Crippen LogP contribution in [0.4, 0.5) is 0 Å². The number of benzene rings is 1. The number of rotatable bonds is 11. The lowest BCUT2D eigenvalue weighted by Gasteiger charge is -2.09. The van der Waals surface area contributed by atoms with Gasteiger partial charge in [0.15, 0.2) is 5.75 Å². The number of phenols is 1. The smallest absolute Gasteiger partial charge is 0.156 e. The number of halogens is 2. The highest BCUT2D eigenvalue weighted by Crippen LogP contribution is 2.36. The van der Waals surface area contributed by atoms with Gasteiger partial charge in [-0.25, -0.2) is 4.98 Å². The Bertz CT molecular complexity index is 684. The molecule has 6 nitrogen and oxygen atoms in total. The molecule has 0 aliphatic rings. The van der Waals surface area contributed by atoms with E-state index in [-0.39, 0.29) is 5.75 Å². The number of hydrogen-bond acceptors (Lipinski definition) is 6. The van der Waals surface area contributed by atoms with Crippen LogP contribution in [-0.2, 0) is 25.6 Å². The molecular formula is C17H21Br2NO5. The number of ether oxygens (including phenoxy) is 4. The van der Waals surface area contributed by atoms with Gasteiger partial charge in [-0.15, -0.1) is 0 Å². The number of methoxy groups -OCH3 is 1. The molecule has 0 saturated heterocycles. The van der Waals surface area contributed by atoms with Crippen molar-refractivity contribution >= 4 is 42.8 Å². The van der Waals surface area contributed by atoms with Crippen LogP contribution < -0.4 is 0 Å². The maximum absolute atomic E-state index is 10.1. The summed E-state index contributed by atoms with van der Waals surface area (Å²) in [5.41, 5.74) is 1.28. The molecule has 1 aromatic heterocycles. The van der Waals surface area contributed by atoms with Gasteiger partial charge in [0.2, 0.25) is 0 Å². The maximum Gasteiger partial charge on any atom is 0.156 e. The third-order valence-electron chi connectivity index (χ3n) is 3.34. The number of nitrogens with zero attached hydrogens (tertiary/aromatic N) is 1. The number of pyridine rings is 1. The van der Waals surface area contributed by atoms with E-state index in [0.29, 0.717) is 56.2 Å². The highest BCUT2D eigenvalue weighted by molar-refractivity contribution is 9.11. The van der Waals surface area contributed by atoms with Crippen LogP contribution in [0.2, 0.25) is 0 Å². The van der Waals surface area contributed by atoms with Gasteiger partial charge in [-0.1, -0.05) is 15.9 Å². The summed E-state index contributed by atoms with van der Waals surface area (Å²) in [6.07, 6.45) is 0. The van der Waals surface area contributed by atoms with Gasteiger partial charge < -0.3 is 24.1 Å². The summed E-state index contributed by atoms with van der Waals surface area (Å²) in [4.78, 5) is 4.46. The average molecular weight is 479 g/mol. The second-order valence-electron chi connectivity index (χ2n) is 5.16. The van der Waals surface area contributed by atoms with Gasteiger partial charge in [-0.05, 0) is 34.1 Å². The first-order chi connectivity index (χ1) is 12.1. The largest absolute Gasteiger partial charge is 0.505 e. The second-order valence-corrected chi connectivity index (χ2v) is 6.87. The summed E-state index contributed by atoms with van der Waals surface area (Å²) in [6, 6.07) is 5.59. The molecule has 0 spiro atoms. The monoisotopic (exact) mass is 477 g/mol. The van der Waals surface area contributed by atoms with Crippen molar-refractivity contribution in [3.8, 4) is 5.75 Å². The van der Waals surface area contributed by atoms with Crippen molar-refractivity contribution in [2.24, 2.45) is 0 Å². The lowest BCUT2D eigenvalue weighted by Crippen LogP contribution is -2.11. The molecule has 1 heterocycles. The van der Waals surface area contributed by atoms with Crippen molar-refractivity contribution in [3.05, 3.63) is 32.8 Å². The van der Waals surface area contributed by atoms with Crippen LogP contribution in [0.5, 0.6) is 5.75 Å². The normalized spacial score (nSPS) is 11.3. The van der Waals surface area contributed by atoms with Crippen molar-refractivity contribution in [1.29, 1.82) is 0 Å². The van der Waals surface area contributed by atoms with Crippen LogP contribution in [0, 0.1) is 0 Å². The fraction of sp³-hybridized carbons (Fsp3) is 0.471. The number of hydrogen-bond donors (Lipinski definition) is 1. The molecule has 2 aromatic rings. The molecule has 0 atom stereocenters. The third kappa shape index (κ3) is 6.47. The summed E-state index contributed by atoms with van der Waals surface area (Å²) >= 11 is 6.78. The zero-order valence-corrected chi connectivity index (χ0v) is 17.1. The van der Waals surface area contributed by atoms with Gasteiger partial charge >= 0.3 is 0 Å². The minimum absolute atomic E-state index is 0.122. The van der Waals surface area contributed by atoms with Crippen molar-refractivity contribution in [3.63, 3.8) is 0 Å². The standard InChI is InChI=1S/C17H21Br2NO5/c1-22-4-5-23-6-7-24-8-9-25-11-12-2-3-13-14(18)10-15(19)17(21)16(13)20-12/h2-3,10,21H,4-9,11H2,1H3. The Kier molecular flexibility index (Phi) is 9.08. The number of aromatic nitrogens is 1. The zero-order valence-electron chi connectivity index (χ0n) is 14.0. The predicted molar refractivity (Wildman–Crippen MR) is 102 cm³/mol. The van der Waals surface area contributed by atoms with E-state index >= 15 is 0 Å². The molecule has 1 N–H and O–H groups in total. The van der Waals surface area contributed by atoms with Gasteiger partial charge in [0.1, 0.15) is 5.52 Å². The summed E-state index contributed by atoms with van der Waals surface area (Å²) in [6.45, 7) is 3.53. The summed E-state index contributed by atoms with van der Waals surface area (Å²) < 4.78 is 22.6. The lowest BCUT2D eigenvalue weighted by molar-refractivity contribution is 0.000496. The average Bonchev–Trinajstić information content (AvgIpc) is 2.61. The SMILES string of the molecule is COCCOCCOCCOCc1ccc2c(Br)cc(Br)c(O)c2n1. The maximum atomic E-state index is 10.1. The minimum Gasteiger partial charge on any atom is -0.505 e. The second kappa shape index (κ2) is 11.1. The first kappa shape index (κ1) is 20.5. The summed E-state index contributed by atoms with van der Waals surface area (Å²) in [7, 11) is 1.64. The van der Waals surface area contributed by atoms with Gasteiger partial charge in [0.25, 0.3) is 0 Å². The molecule has 1 aromatic carbocycles. The molecule has 0 aliphatic heterocycles. The van der Waals surface area contributed by atoms with E-state index in [1.165, 1.54) is 0 Å². The van der Waals surface area contributed by atoms with E-state index in [1.54, 1.807) is 13.2 Å². The molecule has 0 radical (unpaired) electrons. The van der Waals surface area contributed by atoms with E-state index in [0.717, 1.165) is 15.6 Å². The van der Waals surface area contributed by atoms with Crippen molar-refractivity contribution in [2.45, 2.75) is 6.61 Å². The summed E-state index contributed by atoms with van der Waals surface area (Å²) in [5, 5.41) is 11.0. The molecule has 2 rings (SSSR count). The van der Waals surface area contributed by atoms with Crippen LogP contribution in [0.15, 0.2) is 27.1 Å². The van der Waals surface area contributed by atoms with Gasteiger partial charge in [-0.2, -0.15) is 0 Å². The van der Waals surface area contributed by atoms with Crippen LogP contribution >= 0.6 is 31.9 Å². The minimum atomic E-state index is 0.122. The molecule has 8 heteroatoms. The van der Waals surface area contributed by atoms with Crippen LogP contribution in [0.3, 0.4) is 0 Å². The highest BCUT2D eigenvalue weighted by atomic mass is 79.9. The van der Waals surface area contributed by atoms with Gasteiger partial charge in [0, 0.05) is 17.0 Å². The molecule has 0 aliphatic carbocycles. The van der Waals surface area contributed by atoms with Crippen LogP contribution in [-0.4, -0.2) is 56.8 Å². The fourth-order valence-corrected chi connectivity index (χ4v) is 3.36. The fourth-order valence-electron chi connectivity index (χ4n) is 2.08. The predicted octanol–water partition coefficient (Wildman–Crippen LogP) is 3.66. The first-order valence-corrected chi connectivity index (χ1v) is 9.41. The molecule has 0 bridgehead atoms. The van der Waals surface area contributed by atoms with Crippen molar-refractivity contribution < 1.29 is 24.1 Å². The Morgan fingerprint density at radius 3 is 2.24 bits per heavy atom. The molecule has 25 heavy (non-hydrogen) atoms. The number of aromatic hydroxyl groups is 1. The quantitative estimate of drug-likeness (QED) is 0.497. The Hall–Kier alpha value is -0.770. The van der Waals surface area contributed by atoms with E-state index in [4.69, 9.17) is 18.9 Å². The lowest BCUT2D eigenvalue weighted by atomic mass is 10.2. The van der Waals surface area contributed by atoms with Crippen molar-refractivity contribution in [2.75, 3.05) is 46.8 Å². The molecular weight excluding hydrogens is 458 g/mol. The molecule has 0 amide bonds. The van der Waals surface area contributed by atoms with E-state index in [1.807, 2.05) is 12.1 Å². The Labute approximate surface area is 163 Å². The van der Waals surface area contributed by atoms with Crippen LogP contribution in [0.1, 0.15) is 5.69 Å². The Morgan fingerprint density at radius 1 is 0.920 bits per heavy atom. The van der Waals surface area contributed by atoms with Crippen LogP contribution in [0.25, 0.3) is 10.9 Å². The van der Waals surface area contributed by atoms with E-state index < -0.39 is 0 Å². The van der Waals surface area contributed by atoms with E-state index in [9.17, 15) is 5.11 Å². The molecule has 0 unspecified atom stereocenters. The summed E-state index contributed by atoms with van der Waals surface area (Å²) in [5.74, 6) is 0.122. The topological polar surface area (TPSA) is 70.0 Å². The molecule has 0 fully saturated rings. The molecule has 0 saturated carbocycles. The Balaban J connectivity index is 1.72. The third-order valence-corrected chi connectivity index (χ3v) is 4.60. The van der Waals surface area contributed by atoms with Gasteiger partial charge in [-0.3, -0.25) is 0 Å². The number of fused-ring (bicyclic) bond motifs is 1. The van der Waals surface area contributed by atoms with E-state index in [2.05, 4.69) is 36.8 Å². The van der Waals surface area contributed by atoms with Gasteiger partial charge in [0.05, 0.1) is 56.4 Å². The number of phenolic OH excluding ortho intramolecular Hbond substituents is 1. The van der Waals surface area contributed by atoms with Crippen molar-refractivity contribution in [1.82, 2.24) is 4.98 Å². The molecule has 138 valence electrons. The Morgan fingerprint density at radius 2 is 1.56 bits per heavy atom.